The van der Waals surface area contributed by atoms with Crippen LogP contribution in [0.4, 0.5) is 0 Å². The van der Waals surface area contributed by atoms with Gasteiger partial charge in [0, 0.05) is 6.20 Å². The third-order valence-corrected chi connectivity index (χ3v) is 4.21. The third-order valence-electron chi connectivity index (χ3n) is 2.11. The highest BCUT2D eigenvalue weighted by Crippen LogP contribution is 2.19. The lowest BCUT2D eigenvalue weighted by molar-refractivity contribution is 0.0691. The molecule has 1 rings (SSSR count). The Morgan fingerprint density at radius 2 is 2.00 bits per heavy atom. The van der Waals surface area contributed by atoms with Crippen molar-refractivity contribution in [2.45, 2.75) is 31.0 Å². The predicted octanol–water partition coefficient (Wildman–Crippen LogP) is 1.27. The van der Waals surface area contributed by atoms with Gasteiger partial charge in [-0.2, -0.15) is 0 Å². The number of aryl methyl sites for hydroxylation is 1. The minimum atomic E-state index is -3.66. The SMILES string of the molecule is Cc1cnc(S(=O)(=O)C(C)C)c(C(=O)O)c1. The average molecular weight is 243 g/mol. The number of rotatable bonds is 3. The minimum absolute atomic E-state index is 0.270. The van der Waals surface area contributed by atoms with E-state index in [4.69, 9.17) is 5.11 Å². The molecule has 6 heteroatoms. The van der Waals surface area contributed by atoms with E-state index in [0.29, 0.717) is 5.56 Å². The summed E-state index contributed by atoms with van der Waals surface area (Å²) in [4.78, 5) is 14.7. The van der Waals surface area contributed by atoms with Crippen molar-refractivity contribution < 1.29 is 18.3 Å². The topological polar surface area (TPSA) is 84.3 Å². The Hall–Kier alpha value is -1.43. The first-order chi connectivity index (χ1) is 7.26. The zero-order valence-electron chi connectivity index (χ0n) is 9.26. The number of carbonyl (C=O) groups is 1. The number of aromatic carboxylic acids is 1. The van der Waals surface area contributed by atoms with Gasteiger partial charge < -0.3 is 5.11 Å². The molecule has 0 spiro atoms. The molecule has 16 heavy (non-hydrogen) atoms. The second-order valence-electron chi connectivity index (χ2n) is 3.76. The molecule has 0 unspecified atom stereocenters. The van der Waals surface area contributed by atoms with Gasteiger partial charge >= 0.3 is 5.97 Å². The third kappa shape index (κ3) is 2.21. The van der Waals surface area contributed by atoms with E-state index in [0.717, 1.165) is 0 Å². The molecule has 0 fully saturated rings. The van der Waals surface area contributed by atoms with E-state index in [2.05, 4.69) is 4.98 Å². The quantitative estimate of drug-likeness (QED) is 0.864. The van der Waals surface area contributed by atoms with Gasteiger partial charge in [-0.05, 0) is 32.4 Å². The highest BCUT2D eigenvalue weighted by molar-refractivity contribution is 7.92. The summed E-state index contributed by atoms with van der Waals surface area (Å²) in [5.74, 6) is -1.28. The zero-order valence-corrected chi connectivity index (χ0v) is 10.1. The van der Waals surface area contributed by atoms with E-state index in [1.807, 2.05) is 0 Å². The van der Waals surface area contributed by atoms with Gasteiger partial charge in [0.1, 0.15) is 0 Å². The Labute approximate surface area is 94.1 Å². The van der Waals surface area contributed by atoms with Crippen molar-refractivity contribution in [2.24, 2.45) is 0 Å². The summed E-state index contributed by atoms with van der Waals surface area (Å²) in [6, 6.07) is 1.31. The van der Waals surface area contributed by atoms with E-state index in [1.165, 1.54) is 26.1 Å². The van der Waals surface area contributed by atoms with Crippen molar-refractivity contribution in [1.29, 1.82) is 0 Å². The summed E-state index contributed by atoms with van der Waals surface area (Å²) in [6.07, 6.45) is 1.35. The van der Waals surface area contributed by atoms with Crippen LogP contribution in [-0.2, 0) is 9.84 Å². The first-order valence-electron chi connectivity index (χ1n) is 4.70. The van der Waals surface area contributed by atoms with Gasteiger partial charge in [-0.15, -0.1) is 0 Å². The van der Waals surface area contributed by atoms with Crippen molar-refractivity contribution in [3.05, 3.63) is 23.4 Å². The van der Waals surface area contributed by atoms with Gasteiger partial charge in [0.2, 0.25) is 0 Å². The molecular formula is C10H13NO4S. The van der Waals surface area contributed by atoms with E-state index < -0.39 is 21.1 Å². The van der Waals surface area contributed by atoms with Crippen molar-refractivity contribution in [3.63, 3.8) is 0 Å². The molecule has 0 amide bonds. The predicted molar refractivity (Wildman–Crippen MR) is 58.3 cm³/mol. The molecule has 88 valence electrons. The summed E-state index contributed by atoms with van der Waals surface area (Å²) in [6.45, 7) is 4.64. The summed E-state index contributed by atoms with van der Waals surface area (Å²) >= 11 is 0. The van der Waals surface area contributed by atoms with Crippen LogP contribution in [0, 0.1) is 6.92 Å². The summed E-state index contributed by atoms with van der Waals surface area (Å²) in [5.41, 5.74) is 0.341. The first-order valence-corrected chi connectivity index (χ1v) is 6.25. The smallest absolute Gasteiger partial charge is 0.338 e. The maximum atomic E-state index is 11.8. The molecule has 0 saturated heterocycles. The van der Waals surface area contributed by atoms with E-state index in [1.54, 1.807) is 6.92 Å². The molecule has 0 bridgehead atoms. The molecule has 1 aromatic heterocycles. The lowest BCUT2D eigenvalue weighted by atomic mass is 10.2. The lowest BCUT2D eigenvalue weighted by Gasteiger charge is -2.09. The fraction of sp³-hybridized carbons (Fsp3) is 0.400. The number of sulfone groups is 1. The molecular weight excluding hydrogens is 230 g/mol. The summed E-state index contributed by atoms with van der Waals surface area (Å²) in [7, 11) is -3.66. The number of carboxylic acids is 1. The Morgan fingerprint density at radius 3 is 2.44 bits per heavy atom. The Kier molecular flexibility index (Phi) is 3.32. The lowest BCUT2D eigenvalue weighted by Crippen LogP contribution is -2.19. The molecule has 0 aliphatic carbocycles. The van der Waals surface area contributed by atoms with Crippen LogP contribution in [-0.4, -0.2) is 29.7 Å². The maximum Gasteiger partial charge on any atom is 0.338 e. The molecule has 5 nitrogen and oxygen atoms in total. The monoisotopic (exact) mass is 243 g/mol. The molecule has 1 aromatic rings. The van der Waals surface area contributed by atoms with Gasteiger partial charge in [0.25, 0.3) is 0 Å². The largest absolute Gasteiger partial charge is 0.478 e. The Balaban J connectivity index is 3.52. The van der Waals surface area contributed by atoms with Gasteiger partial charge in [-0.25, -0.2) is 18.2 Å². The molecule has 0 aliphatic rings. The maximum absolute atomic E-state index is 11.8. The Morgan fingerprint density at radius 1 is 1.44 bits per heavy atom. The van der Waals surface area contributed by atoms with Gasteiger partial charge in [-0.1, -0.05) is 0 Å². The van der Waals surface area contributed by atoms with Crippen LogP contribution < -0.4 is 0 Å². The number of carboxylic acid groups (broad SMARTS) is 1. The van der Waals surface area contributed by atoms with Crippen molar-refractivity contribution in [1.82, 2.24) is 4.98 Å². The number of aromatic nitrogens is 1. The molecule has 0 aromatic carbocycles. The van der Waals surface area contributed by atoms with Gasteiger partial charge in [-0.3, -0.25) is 0 Å². The van der Waals surface area contributed by atoms with E-state index in [-0.39, 0.29) is 10.6 Å². The van der Waals surface area contributed by atoms with Crippen molar-refractivity contribution >= 4 is 15.8 Å². The van der Waals surface area contributed by atoms with Crippen molar-refractivity contribution in [3.8, 4) is 0 Å². The number of nitrogens with zero attached hydrogens (tertiary/aromatic N) is 1. The van der Waals surface area contributed by atoms with Crippen LogP contribution in [0.15, 0.2) is 17.3 Å². The van der Waals surface area contributed by atoms with Crippen LogP contribution in [0.1, 0.15) is 29.8 Å². The number of hydrogen-bond donors (Lipinski definition) is 1. The van der Waals surface area contributed by atoms with Crippen LogP contribution in [0.2, 0.25) is 0 Å². The van der Waals surface area contributed by atoms with E-state index in [9.17, 15) is 13.2 Å². The number of hydrogen-bond acceptors (Lipinski definition) is 4. The second-order valence-corrected chi connectivity index (χ2v) is 6.18. The highest BCUT2D eigenvalue weighted by Gasteiger charge is 2.27. The molecule has 0 atom stereocenters. The minimum Gasteiger partial charge on any atom is -0.478 e. The number of pyridine rings is 1. The van der Waals surface area contributed by atoms with Crippen LogP contribution in [0.5, 0.6) is 0 Å². The van der Waals surface area contributed by atoms with Crippen LogP contribution in [0.25, 0.3) is 0 Å². The van der Waals surface area contributed by atoms with Gasteiger partial charge in [0.15, 0.2) is 14.9 Å². The highest BCUT2D eigenvalue weighted by atomic mass is 32.2. The zero-order chi connectivity index (χ0) is 12.5. The normalized spacial score (nSPS) is 11.8. The second kappa shape index (κ2) is 4.21. The summed E-state index contributed by atoms with van der Waals surface area (Å²) in [5, 5.41) is 7.88. The molecule has 0 aliphatic heterocycles. The van der Waals surface area contributed by atoms with Crippen LogP contribution >= 0.6 is 0 Å². The van der Waals surface area contributed by atoms with Crippen molar-refractivity contribution in [2.75, 3.05) is 0 Å². The molecule has 1 N–H and O–H groups in total. The van der Waals surface area contributed by atoms with Gasteiger partial charge in [0.05, 0.1) is 10.8 Å². The Bertz CT molecular complexity index is 520. The van der Waals surface area contributed by atoms with E-state index >= 15 is 0 Å². The van der Waals surface area contributed by atoms with Crippen LogP contribution in [0.3, 0.4) is 0 Å². The fourth-order valence-corrected chi connectivity index (χ4v) is 2.26. The average Bonchev–Trinajstić information content (AvgIpc) is 2.16. The fourth-order valence-electron chi connectivity index (χ4n) is 1.16. The standard InChI is InChI=1S/C10H13NO4S/c1-6(2)16(14,15)9-8(10(12)13)4-7(3)5-11-9/h4-6H,1-3H3,(H,12,13). The molecule has 0 radical (unpaired) electrons. The molecule has 1 heterocycles. The first kappa shape index (κ1) is 12.6. The molecule has 0 saturated carbocycles. The summed E-state index contributed by atoms with van der Waals surface area (Å²) < 4.78 is 23.7.